The summed E-state index contributed by atoms with van der Waals surface area (Å²) in [6, 6.07) is 12.8. The summed E-state index contributed by atoms with van der Waals surface area (Å²) in [5.41, 5.74) is 3.20. The molecule has 1 aromatic heterocycles. The van der Waals surface area contributed by atoms with Gasteiger partial charge in [0.05, 0.1) is 6.10 Å². The molecule has 1 fully saturated rings. The number of aryl methyl sites for hydroxylation is 2. The first-order chi connectivity index (χ1) is 16.0. The Hall–Kier alpha value is -3.30. The third-order valence-electron chi connectivity index (χ3n) is 5.12. The molecular weight excluding hydrogens is 440 g/mol. The monoisotopic (exact) mass is 466 g/mol. The predicted molar refractivity (Wildman–Crippen MR) is 126 cm³/mol. The van der Waals surface area contributed by atoms with Gasteiger partial charge in [-0.15, -0.1) is 10.2 Å². The van der Waals surface area contributed by atoms with Gasteiger partial charge in [-0.1, -0.05) is 23.5 Å². The summed E-state index contributed by atoms with van der Waals surface area (Å²) < 4.78 is 11.3. The fourth-order valence-electron chi connectivity index (χ4n) is 3.60. The number of nitrogens with zero attached hydrogens (tertiary/aromatic N) is 2. The molecule has 172 valence electrons. The smallest absolute Gasteiger partial charge is 0.286 e. The van der Waals surface area contributed by atoms with E-state index in [0.717, 1.165) is 36.3 Å². The lowest BCUT2D eigenvalue weighted by Gasteiger charge is -2.11. The zero-order chi connectivity index (χ0) is 23.2. The van der Waals surface area contributed by atoms with E-state index >= 15 is 0 Å². The van der Waals surface area contributed by atoms with Crippen molar-refractivity contribution < 1.29 is 19.1 Å². The van der Waals surface area contributed by atoms with Crippen molar-refractivity contribution in [1.82, 2.24) is 15.5 Å². The zero-order valence-corrected chi connectivity index (χ0v) is 19.4. The topological polar surface area (TPSA) is 102 Å². The number of anilines is 1. The molecule has 2 heterocycles. The van der Waals surface area contributed by atoms with Gasteiger partial charge >= 0.3 is 0 Å². The van der Waals surface area contributed by atoms with Crippen molar-refractivity contribution in [2.24, 2.45) is 0 Å². The SMILES string of the molecule is Cc1cc(C)cc(OCc2nnc(C(=O)Nc3cccc(C(=O)NC[C@H]4CCCO4)c3)s2)c1. The van der Waals surface area contributed by atoms with Crippen LogP contribution in [-0.2, 0) is 11.3 Å². The van der Waals surface area contributed by atoms with E-state index in [4.69, 9.17) is 9.47 Å². The number of carbonyl (C=O) groups excluding carboxylic acids is 2. The van der Waals surface area contributed by atoms with E-state index in [0.29, 0.717) is 22.8 Å². The summed E-state index contributed by atoms with van der Waals surface area (Å²) in [5.74, 6) is 0.161. The molecule has 2 aromatic carbocycles. The van der Waals surface area contributed by atoms with Gasteiger partial charge in [-0.25, -0.2) is 0 Å². The lowest BCUT2D eigenvalue weighted by Crippen LogP contribution is -2.31. The minimum absolute atomic E-state index is 0.0716. The van der Waals surface area contributed by atoms with Gasteiger partial charge in [0.1, 0.15) is 12.4 Å². The van der Waals surface area contributed by atoms with Gasteiger partial charge < -0.3 is 20.1 Å². The minimum atomic E-state index is -0.387. The number of hydrogen-bond acceptors (Lipinski definition) is 7. The lowest BCUT2D eigenvalue weighted by molar-refractivity contribution is 0.0857. The number of hydrogen-bond donors (Lipinski definition) is 2. The number of rotatable bonds is 8. The molecule has 4 rings (SSSR count). The molecule has 0 unspecified atom stereocenters. The highest BCUT2D eigenvalue weighted by Crippen LogP contribution is 2.20. The normalized spacial score (nSPS) is 15.3. The van der Waals surface area contributed by atoms with Crippen LogP contribution in [0.15, 0.2) is 42.5 Å². The second-order valence-electron chi connectivity index (χ2n) is 7.99. The van der Waals surface area contributed by atoms with Crippen molar-refractivity contribution in [2.45, 2.75) is 39.4 Å². The Balaban J connectivity index is 1.32. The van der Waals surface area contributed by atoms with Crippen LogP contribution in [0.25, 0.3) is 0 Å². The molecule has 0 saturated carbocycles. The highest BCUT2D eigenvalue weighted by molar-refractivity contribution is 7.13. The summed E-state index contributed by atoms with van der Waals surface area (Å²) in [6.45, 7) is 5.47. The maximum Gasteiger partial charge on any atom is 0.286 e. The number of amides is 2. The Morgan fingerprint density at radius 1 is 1.12 bits per heavy atom. The number of benzene rings is 2. The molecule has 1 saturated heterocycles. The van der Waals surface area contributed by atoms with Gasteiger partial charge in [0.15, 0.2) is 5.01 Å². The average molecular weight is 467 g/mol. The van der Waals surface area contributed by atoms with Crippen molar-refractivity contribution in [1.29, 1.82) is 0 Å². The van der Waals surface area contributed by atoms with Crippen LogP contribution in [0.5, 0.6) is 5.75 Å². The molecule has 2 N–H and O–H groups in total. The zero-order valence-electron chi connectivity index (χ0n) is 18.6. The van der Waals surface area contributed by atoms with E-state index < -0.39 is 0 Å². The van der Waals surface area contributed by atoms with E-state index in [-0.39, 0.29) is 29.5 Å². The molecule has 9 heteroatoms. The standard InChI is InChI=1S/C24H26N4O4S/c1-15-9-16(2)11-20(10-15)32-14-21-27-28-24(33-21)23(30)26-18-6-3-5-17(12-18)22(29)25-13-19-7-4-8-31-19/h3,5-6,9-12,19H,4,7-8,13-14H2,1-2H3,(H,25,29)(H,26,30)/t19-/m1/s1. The molecule has 0 aliphatic carbocycles. The molecule has 0 bridgehead atoms. The van der Waals surface area contributed by atoms with Crippen LogP contribution in [0.2, 0.25) is 0 Å². The third kappa shape index (κ3) is 6.36. The maximum absolute atomic E-state index is 12.6. The second kappa shape index (κ2) is 10.5. The van der Waals surface area contributed by atoms with Crippen LogP contribution < -0.4 is 15.4 Å². The molecule has 0 spiro atoms. The fourth-order valence-corrected chi connectivity index (χ4v) is 4.25. The first-order valence-corrected chi connectivity index (χ1v) is 11.6. The Bertz CT molecular complexity index is 1120. The molecule has 0 radical (unpaired) electrons. The number of aromatic nitrogens is 2. The summed E-state index contributed by atoms with van der Waals surface area (Å²) in [7, 11) is 0. The van der Waals surface area contributed by atoms with Gasteiger partial charge in [0.2, 0.25) is 5.01 Å². The number of carbonyl (C=O) groups is 2. The first kappa shape index (κ1) is 22.9. The summed E-state index contributed by atoms with van der Waals surface area (Å²) >= 11 is 1.17. The average Bonchev–Trinajstić information content (AvgIpc) is 3.48. The molecule has 1 aliphatic rings. The van der Waals surface area contributed by atoms with Crippen LogP contribution in [0.1, 0.15) is 49.1 Å². The number of nitrogens with one attached hydrogen (secondary N) is 2. The molecule has 33 heavy (non-hydrogen) atoms. The van der Waals surface area contributed by atoms with Gasteiger partial charge in [-0.2, -0.15) is 0 Å². The predicted octanol–water partition coefficient (Wildman–Crippen LogP) is 3.90. The molecule has 1 aliphatic heterocycles. The third-order valence-corrected chi connectivity index (χ3v) is 6.01. The summed E-state index contributed by atoms with van der Waals surface area (Å²) in [4.78, 5) is 25.0. The van der Waals surface area contributed by atoms with E-state index in [1.807, 2.05) is 26.0 Å². The van der Waals surface area contributed by atoms with E-state index in [1.54, 1.807) is 24.3 Å². The molecule has 8 nitrogen and oxygen atoms in total. The van der Waals surface area contributed by atoms with Crippen molar-refractivity contribution in [3.05, 3.63) is 69.2 Å². The molecule has 1 atom stereocenters. The van der Waals surface area contributed by atoms with Crippen LogP contribution in [0, 0.1) is 13.8 Å². The lowest BCUT2D eigenvalue weighted by atomic mass is 10.1. The summed E-state index contributed by atoms with van der Waals surface area (Å²) in [5, 5.41) is 14.5. The minimum Gasteiger partial charge on any atom is -0.486 e. The van der Waals surface area contributed by atoms with Crippen molar-refractivity contribution in [3.63, 3.8) is 0 Å². The van der Waals surface area contributed by atoms with Crippen LogP contribution in [0.3, 0.4) is 0 Å². The van der Waals surface area contributed by atoms with Gasteiger partial charge in [0.25, 0.3) is 11.8 Å². The fraction of sp³-hybridized carbons (Fsp3) is 0.333. The quantitative estimate of drug-likeness (QED) is 0.522. The summed E-state index contributed by atoms with van der Waals surface area (Å²) in [6.07, 6.45) is 2.05. The highest BCUT2D eigenvalue weighted by atomic mass is 32.1. The van der Waals surface area contributed by atoms with Crippen LogP contribution >= 0.6 is 11.3 Å². The first-order valence-electron chi connectivity index (χ1n) is 10.8. The van der Waals surface area contributed by atoms with E-state index in [2.05, 4.69) is 26.9 Å². The van der Waals surface area contributed by atoms with Crippen molar-refractivity contribution in [3.8, 4) is 5.75 Å². The molecule has 2 amide bonds. The maximum atomic E-state index is 12.6. The Morgan fingerprint density at radius 3 is 2.70 bits per heavy atom. The van der Waals surface area contributed by atoms with E-state index in [1.165, 1.54) is 11.3 Å². The Labute approximate surface area is 196 Å². The van der Waals surface area contributed by atoms with Crippen LogP contribution in [-0.4, -0.2) is 41.3 Å². The van der Waals surface area contributed by atoms with Crippen molar-refractivity contribution in [2.75, 3.05) is 18.5 Å². The Kier molecular flexibility index (Phi) is 7.31. The Morgan fingerprint density at radius 2 is 1.94 bits per heavy atom. The molecule has 3 aromatic rings. The highest BCUT2D eigenvalue weighted by Gasteiger charge is 2.18. The van der Waals surface area contributed by atoms with Crippen LogP contribution in [0.4, 0.5) is 5.69 Å². The van der Waals surface area contributed by atoms with Gasteiger partial charge in [0, 0.05) is 24.4 Å². The van der Waals surface area contributed by atoms with Gasteiger partial charge in [-0.05, 0) is 68.1 Å². The molecular formula is C24H26N4O4S. The largest absolute Gasteiger partial charge is 0.486 e. The van der Waals surface area contributed by atoms with Crippen molar-refractivity contribution >= 4 is 28.8 Å². The van der Waals surface area contributed by atoms with Gasteiger partial charge in [-0.3, -0.25) is 9.59 Å². The number of ether oxygens (including phenoxy) is 2. The second-order valence-corrected chi connectivity index (χ2v) is 9.06. The van der Waals surface area contributed by atoms with E-state index in [9.17, 15) is 9.59 Å².